The van der Waals surface area contributed by atoms with E-state index in [2.05, 4.69) is 21.7 Å². The molecule has 31 heavy (non-hydrogen) atoms. The predicted molar refractivity (Wildman–Crippen MR) is 112 cm³/mol. The number of hydrogen-bond donors (Lipinski definition) is 2. The maximum atomic E-state index is 12.9. The molecule has 3 heterocycles. The Kier molecular flexibility index (Phi) is 4.81. The normalized spacial score (nSPS) is 22.0. The summed E-state index contributed by atoms with van der Waals surface area (Å²) < 4.78 is 11.8. The molecule has 2 N–H and O–H groups in total. The van der Waals surface area contributed by atoms with Gasteiger partial charge in [-0.15, -0.1) is 0 Å². The highest BCUT2D eigenvalue weighted by molar-refractivity contribution is 5.94. The third-order valence-corrected chi connectivity index (χ3v) is 5.82. The van der Waals surface area contributed by atoms with Gasteiger partial charge in [0.15, 0.2) is 11.9 Å². The topological polar surface area (TPSA) is 103 Å². The van der Waals surface area contributed by atoms with Crippen molar-refractivity contribution in [1.82, 2.24) is 20.4 Å². The molecule has 8 nitrogen and oxygen atoms in total. The van der Waals surface area contributed by atoms with Crippen molar-refractivity contribution in [2.24, 2.45) is 0 Å². The average molecular weight is 415 g/mol. The number of aromatic amines is 1. The fourth-order valence-electron chi connectivity index (χ4n) is 4.10. The number of para-hydroxylation sites is 2. The molecule has 5 rings (SSSR count). The second kappa shape index (κ2) is 7.78. The van der Waals surface area contributed by atoms with E-state index in [0.717, 1.165) is 17.7 Å². The summed E-state index contributed by atoms with van der Waals surface area (Å²) in [5, 5.41) is 19.4. The Balaban J connectivity index is 1.34. The Morgan fingerprint density at radius 3 is 2.77 bits per heavy atom. The van der Waals surface area contributed by atoms with Gasteiger partial charge in [-0.1, -0.05) is 30.3 Å². The molecule has 1 spiro atoms. The zero-order chi connectivity index (χ0) is 21.3. The number of carbonyl (C=O) groups is 1. The smallest absolute Gasteiger partial charge is 0.272 e. The molecule has 0 radical (unpaired) electrons. The van der Waals surface area contributed by atoms with Crippen LogP contribution >= 0.6 is 0 Å². The van der Waals surface area contributed by atoms with Gasteiger partial charge in [-0.3, -0.25) is 9.89 Å². The van der Waals surface area contributed by atoms with Crippen LogP contribution in [0.3, 0.4) is 0 Å². The van der Waals surface area contributed by atoms with Crippen molar-refractivity contribution in [2.75, 3.05) is 19.7 Å². The molecule has 0 unspecified atom stereocenters. The minimum absolute atomic E-state index is 0.248. The van der Waals surface area contributed by atoms with Crippen LogP contribution in [0.25, 0.3) is 11.3 Å². The highest BCUT2D eigenvalue weighted by atomic mass is 16.5. The Morgan fingerprint density at radius 1 is 1.26 bits per heavy atom. The van der Waals surface area contributed by atoms with Crippen LogP contribution in [-0.4, -0.2) is 52.3 Å². The van der Waals surface area contributed by atoms with Crippen LogP contribution in [0.2, 0.25) is 0 Å². The zero-order valence-corrected chi connectivity index (χ0v) is 16.7. The van der Waals surface area contributed by atoms with Crippen LogP contribution in [0.1, 0.15) is 16.9 Å². The van der Waals surface area contributed by atoms with E-state index in [9.17, 15) is 10.1 Å². The molecule has 1 aromatic heterocycles. The number of aromatic nitrogens is 2. The first-order valence-corrected chi connectivity index (χ1v) is 10.1. The minimum atomic E-state index is -0.472. The van der Waals surface area contributed by atoms with Gasteiger partial charge < -0.3 is 19.7 Å². The first-order valence-electron chi connectivity index (χ1n) is 10.1. The van der Waals surface area contributed by atoms with E-state index < -0.39 is 5.60 Å². The molecule has 0 saturated carbocycles. The van der Waals surface area contributed by atoms with Crippen molar-refractivity contribution in [3.8, 4) is 28.9 Å². The van der Waals surface area contributed by atoms with Gasteiger partial charge in [0.2, 0.25) is 0 Å². The number of H-pyrrole nitrogens is 1. The number of nitriles is 1. The van der Waals surface area contributed by atoms with Crippen molar-refractivity contribution < 1.29 is 14.3 Å². The lowest BCUT2D eigenvalue weighted by Gasteiger charge is -2.42. The van der Waals surface area contributed by atoms with Crippen LogP contribution in [-0.2, 0) is 4.74 Å². The van der Waals surface area contributed by atoms with E-state index in [1.54, 1.807) is 11.0 Å². The number of ether oxygens (including phenoxy) is 2. The summed E-state index contributed by atoms with van der Waals surface area (Å²) in [6, 6.07) is 18.5. The van der Waals surface area contributed by atoms with Gasteiger partial charge in [0, 0.05) is 12.0 Å². The highest BCUT2D eigenvalue weighted by Crippen LogP contribution is 2.36. The molecule has 0 aliphatic carbocycles. The number of likely N-dealkylation sites (tertiary alicyclic amines) is 1. The summed E-state index contributed by atoms with van der Waals surface area (Å²) >= 11 is 0. The Bertz CT molecular complexity index is 1130. The Morgan fingerprint density at radius 2 is 2.03 bits per heavy atom. The number of hydrogen-bond acceptors (Lipinski definition) is 6. The van der Waals surface area contributed by atoms with Gasteiger partial charge in [0.25, 0.3) is 5.91 Å². The van der Waals surface area contributed by atoms with Crippen LogP contribution < -0.4 is 10.1 Å². The summed E-state index contributed by atoms with van der Waals surface area (Å²) in [6.07, 6.45) is 2.97. The van der Waals surface area contributed by atoms with Gasteiger partial charge in [0.1, 0.15) is 17.1 Å². The number of benzene rings is 2. The van der Waals surface area contributed by atoms with Gasteiger partial charge in [-0.05, 0) is 30.3 Å². The number of amides is 1. The molecule has 156 valence electrons. The first-order chi connectivity index (χ1) is 15.2. The minimum Gasteiger partial charge on any atom is -0.457 e. The second-order valence-electron chi connectivity index (χ2n) is 7.75. The molecule has 2 fully saturated rings. The second-order valence-corrected chi connectivity index (χ2v) is 7.75. The van der Waals surface area contributed by atoms with E-state index in [-0.39, 0.29) is 17.6 Å². The largest absolute Gasteiger partial charge is 0.457 e. The van der Waals surface area contributed by atoms with Crippen LogP contribution in [0, 0.1) is 11.5 Å². The standard InChI is InChI=1S/C23H21N5O3/c24-15-28-13-21(23(14-28)10-11-30-23)25-22(29)19-12-18(26-27-19)17-8-4-5-9-20(17)31-16-6-2-1-3-7-16/h1-9,12,21H,10-11,13-14H2,(H,25,29)(H,26,27)/t21-,23-/m1/s1. The van der Waals surface area contributed by atoms with Crippen molar-refractivity contribution in [3.63, 3.8) is 0 Å². The molecular weight excluding hydrogens is 394 g/mol. The molecule has 0 bridgehead atoms. The Labute approximate surface area is 179 Å². The van der Waals surface area contributed by atoms with E-state index >= 15 is 0 Å². The van der Waals surface area contributed by atoms with Gasteiger partial charge in [-0.25, -0.2) is 0 Å². The summed E-state index contributed by atoms with van der Waals surface area (Å²) in [5.74, 6) is 1.08. The molecule has 2 aliphatic rings. The van der Waals surface area contributed by atoms with Gasteiger partial charge >= 0.3 is 0 Å². The number of carbonyl (C=O) groups excluding carboxylic acids is 1. The SMILES string of the molecule is N#CN1C[C@@H](NC(=O)c2cc(-c3ccccc3Oc3ccccc3)[nH]n2)[C@@]2(CCO2)C1. The third-order valence-electron chi connectivity index (χ3n) is 5.82. The molecule has 2 atom stereocenters. The summed E-state index contributed by atoms with van der Waals surface area (Å²) in [5.41, 5.74) is 1.28. The molecular formula is C23H21N5O3. The monoisotopic (exact) mass is 415 g/mol. The van der Waals surface area contributed by atoms with E-state index in [4.69, 9.17) is 9.47 Å². The van der Waals surface area contributed by atoms with Crippen molar-refractivity contribution in [2.45, 2.75) is 18.1 Å². The lowest BCUT2D eigenvalue weighted by atomic mass is 9.89. The predicted octanol–water partition coefficient (Wildman–Crippen LogP) is 2.92. The van der Waals surface area contributed by atoms with E-state index in [1.165, 1.54) is 0 Å². The fraction of sp³-hybridized carbons (Fsp3) is 0.261. The Hall–Kier alpha value is -3.83. The van der Waals surface area contributed by atoms with Gasteiger partial charge in [0.05, 0.1) is 31.4 Å². The molecule has 8 heteroatoms. The molecule has 2 aliphatic heterocycles. The lowest BCUT2D eigenvalue weighted by molar-refractivity contribution is -0.147. The third kappa shape index (κ3) is 3.60. The average Bonchev–Trinajstić information content (AvgIpc) is 3.40. The maximum absolute atomic E-state index is 12.9. The first kappa shape index (κ1) is 19.2. The van der Waals surface area contributed by atoms with E-state index in [1.807, 2.05) is 54.6 Å². The van der Waals surface area contributed by atoms with Crippen LogP contribution in [0.15, 0.2) is 60.7 Å². The zero-order valence-electron chi connectivity index (χ0n) is 16.7. The summed E-state index contributed by atoms with van der Waals surface area (Å²) in [4.78, 5) is 14.5. The number of rotatable bonds is 5. The summed E-state index contributed by atoms with van der Waals surface area (Å²) in [6.45, 7) is 1.59. The quantitative estimate of drug-likeness (QED) is 0.621. The van der Waals surface area contributed by atoms with Gasteiger partial charge in [-0.2, -0.15) is 10.4 Å². The molecule has 1 amide bonds. The van der Waals surface area contributed by atoms with Crippen LogP contribution in [0.5, 0.6) is 11.5 Å². The maximum Gasteiger partial charge on any atom is 0.272 e. The lowest BCUT2D eigenvalue weighted by Crippen LogP contribution is -2.59. The van der Waals surface area contributed by atoms with Crippen molar-refractivity contribution >= 4 is 5.91 Å². The molecule has 3 aromatic rings. The molecule has 2 aromatic carbocycles. The number of nitrogens with one attached hydrogen (secondary N) is 2. The fourth-order valence-corrected chi connectivity index (χ4v) is 4.10. The van der Waals surface area contributed by atoms with Crippen LogP contribution in [0.4, 0.5) is 0 Å². The van der Waals surface area contributed by atoms with E-state index in [0.29, 0.717) is 31.1 Å². The summed E-state index contributed by atoms with van der Waals surface area (Å²) in [7, 11) is 0. The molecule has 2 saturated heterocycles. The van der Waals surface area contributed by atoms with Crippen molar-refractivity contribution in [3.05, 3.63) is 66.4 Å². The highest BCUT2D eigenvalue weighted by Gasteiger charge is 2.53. The van der Waals surface area contributed by atoms with Crippen molar-refractivity contribution in [1.29, 1.82) is 5.26 Å². The number of nitrogens with zero attached hydrogens (tertiary/aromatic N) is 3.